The standard InChI is InChI=1S/C49H60N4O9S/c1-4-26-53(63(57,58)43-22-14-19-35-20-15-25-51-47(35)43)44-32-41(52-60-33-34-16-8-7-9-17-34)39-30-36(18-10-12-27-54)38(21-11-13-28-55)45-40-31-37(61-48(56)50-6-3)23-24-42(40)62-49(44,46(39)45)59-29-5-2/h5,7-9,14-17,19-20,22-25,30-31,36,38,44-46,54-55H,2,4,6,10-13,18,21,26-29,32-33H2,1,3H3,(H,50,56)/t36-,38+,44-,45+,46+,49+/m0/s1. The Kier molecular flexibility index (Phi) is 15.3. The summed E-state index contributed by atoms with van der Waals surface area (Å²) < 4.78 is 52.7. The van der Waals surface area contributed by atoms with E-state index in [2.05, 4.69) is 23.0 Å². The van der Waals surface area contributed by atoms with Gasteiger partial charge in [-0.25, -0.2) is 13.2 Å². The van der Waals surface area contributed by atoms with Crippen molar-refractivity contribution in [3.8, 4) is 11.5 Å². The van der Waals surface area contributed by atoms with Crippen molar-refractivity contribution in [2.75, 3.05) is 32.9 Å². The zero-order chi connectivity index (χ0) is 44.4. The summed E-state index contributed by atoms with van der Waals surface area (Å²) in [5, 5.41) is 28.2. The lowest BCUT2D eigenvalue weighted by Crippen LogP contribution is -2.70. The van der Waals surface area contributed by atoms with Crippen molar-refractivity contribution in [1.82, 2.24) is 14.6 Å². The average molecular weight is 881 g/mol. The first-order chi connectivity index (χ1) is 30.7. The molecule has 0 radical (unpaired) electrons. The second kappa shape index (κ2) is 21.0. The summed E-state index contributed by atoms with van der Waals surface area (Å²) in [4.78, 5) is 23.6. The summed E-state index contributed by atoms with van der Waals surface area (Å²) in [6.45, 7) is 8.63. The highest BCUT2D eigenvalue weighted by Crippen LogP contribution is 2.62. The Morgan fingerprint density at radius 1 is 1.02 bits per heavy atom. The van der Waals surface area contributed by atoms with Gasteiger partial charge in [-0.15, -0.1) is 6.58 Å². The Bertz CT molecular complexity index is 2370. The molecule has 4 aromatic rings. The predicted octanol–water partition coefficient (Wildman–Crippen LogP) is 8.28. The van der Waals surface area contributed by atoms with E-state index < -0.39 is 33.9 Å². The van der Waals surface area contributed by atoms with Crippen LogP contribution < -0.4 is 14.8 Å². The highest BCUT2D eigenvalue weighted by Gasteiger charge is 2.66. The van der Waals surface area contributed by atoms with E-state index in [1.165, 1.54) is 4.31 Å². The molecule has 1 aliphatic heterocycles. The maximum absolute atomic E-state index is 15.5. The number of pyridine rings is 1. The number of benzene rings is 3. The Morgan fingerprint density at radius 2 is 1.79 bits per heavy atom. The number of para-hydroxylation sites is 1. The molecule has 0 unspecified atom stereocenters. The van der Waals surface area contributed by atoms with Crippen LogP contribution in [0.5, 0.6) is 11.5 Å². The van der Waals surface area contributed by atoms with Crippen LogP contribution >= 0.6 is 0 Å². The van der Waals surface area contributed by atoms with E-state index in [1.807, 2.05) is 62.4 Å². The van der Waals surface area contributed by atoms with Gasteiger partial charge in [0, 0.05) is 55.8 Å². The Balaban J connectivity index is 1.49. The van der Waals surface area contributed by atoms with E-state index in [9.17, 15) is 15.0 Å². The van der Waals surface area contributed by atoms with Gasteiger partial charge in [0.05, 0.1) is 29.8 Å². The maximum Gasteiger partial charge on any atom is 0.412 e. The molecule has 13 nitrogen and oxygen atoms in total. The van der Waals surface area contributed by atoms with Crippen molar-refractivity contribution in [2.24, 2.45) is 22.9 Å². The number of sulfonamides is 1. The molecule has 6 atom stereocenters. The molecular weight excluding hydrogens is 821 g/mol. The summed E-state index contributed by atoms with van der Waals surface area (Å²) >= 11 is 0. The summed E-state index contributed by atoms with van der Waals surface area (Å²) in [6, 6.07) is 22.9. The monoisotopic (exact) mass is 880 g/mol. The number of nitrogens with one attached hydrogen (secondary N) is 1. The molecular formula is C49H60N4O9S. The molecule has 2 heterocycles. The van der Waals surface area contributed by atoms with Crippen LogP contribution in [0, 0.1) is 17.8 Å². The number of rotatable bonds is 21. The van der Waals surface area contributed by atoms with Crippen LogP contribution in [-0.4, -0.2) is 84.5 Å². The van der Waals surface area contributed by atoms with Crippen molar-refractivity contribution in [3.63, 3.8) is 0 Å². The Morgan fingerprint density at radius 3 is 2.54 bits per heavy atom. The molecule has 14 heteroatoms. The fourth-order valence-corrected chi connectivity index (χ4v) is 11.7. The fraction of sp³-hybridized carbons (Fsp3) is 0.449. The molecule has 3 aromatic carbocycles. The average Bonchev–Trinajstić information content (AvgIpc) is 3.29. The molecule has 3 N–H and O–H groups in total. The van der Waals surface area contributed by atoms with Crippen LogP contribution in [0.1, 0.15) is 82.3 Å². The summed E-state index contributed by atoms with van der Waals surface area (Å²) in [5.74, 6) is -1.91. The van der Waals surface area contributed by atoms with Crippen molar-refractivity contribution < 1.29 is 42.5 Å². The minimum atomic E-state index is -4.32. The first-order valence-corrected chi connectivity index (χ1v) is 23.7. The van der Waals surface area contributed by atoms with E-state index >= 15 is 8.42 Å². The topological polar surface area (TPSA) is 169 Å². The number of unbranched alkanes of at least 4 members (excludes halogenated alkanes) is 2. The van der Waals surface area contributed by atoms with Gasteiger partial charge in [0.15, 0.2) is 0 Å². The maximum atomic E-state index is 15.5. The third-order valence-electron chi connectivity index (χ3n) is 12.4. The van der Waals surface area contributed by atoms with Gasteiger partial charge in [-0.3, -0.25) is 4.98 Å². The third-order valence-corrected chi connectivity index (χ3v) is 14.3. The van der Waals surface area contributed by atoms with Crippen LogP contribution in [0.4, 0.5) is 4.79 Å². The van der Waals surface area contributed by atoms with Crippen molar-refractivity contribution in [3.05, 3.63) is 120 Å². The van der Waals surface area contributed by atoms with Crippen LogP contribution in [0.2, 0.25) is 0 Å². The zero-order valence-corrected chi connectivity index (χ0v) is 37.0. The molecule has 0 saturated heterocycles. The van der Waals surface area contributed by atoms with E-state index in [0.717, 1.165) is 36.0 Å². The smallest absolute Gasteiger partial charge is 0.412 e. The number of carbonyl (C=O) groups excluding carboxylic acids is 1. The zero-order valence-electron chi connectivity index (χ0n) is 36.2. The number of amides is 1. The molecule has 0 bridgehead atoms. The highest BCUT2D eigenvalue weighted by molar-refractivity contribution is 7.89. The van der Waals surface area contributed by atoms with Crippen LogP contribution in [0.3, 0.4) is 0 Å². The number of allylic oxidation sites excluding steroid dienone is 1. The first kappa shape index (κ1) is 45.9. The van der Waals surface area contributed by atoms with Gasteiger partial charge in [0.2, 0.25) is 15.8 Å². The molecule has 3 aliphatic rings. The number of oxime groups is 1. The largest absolute Gasteiger partial charge is 0.460 e. The van der Waals surface area contributed by atoms with Gasteiger partial charge in [0.1, 0.15) is 23.0 Å². The predicted molar refractivity (Wildman–Crippen MR) is 242 cm³/mol. The molecule has 1 aromatic heterocycles. The van der Waals surface area contributed by atoms with Gasteiger partial charge < -0.3 is 34.6 Å². The lowest BCUT2D eigenvalue weighted by molar-refractivity contribution is -0.251. The van der Waals surface area contributed by atoms with Crippen molar-refractivity contribution >= 4 is 32.7 Å². The molecule has 63 heavy (non-hydrogen) atoms. The molecule has 1 fully saturated rings. The molecule has 1 amide bonds. The van der Waals surface area contributed by atoms with Gasteiger partial charge in [0.25, 0.3) is 0 Å². The minimum absolute atomic E-state index is 0.0179. The summed E-state index contributed by atoms with van der Waals surface area (Å²) in [6.07, 6.45) is 9.67. The second-order valence-electron chi connectivity index (χ2n) is 16.4. The van der Waals surface area contributed by atoms with E-state index in [1.54, 1.807) is 42.6 Å². The number of hydrogen-bond acceptors (Lipinski definition) is 11. The lowest BCUT2D eigenvalue weighted by Gasteiger charge is -2.59. The highest BCUT2D eigenvalue weighted by atomic mass is 32.2. The van der Waals surface area contributed by atoms with E-state index in [4.69, 9.17) is 24.2 Å². The Hall–Kier alpha value is -5.12. The quantitative estimate of drug-likeness (QED) is 0.0421. The normalized spacial score (nSPS) is 23.3. The van der Waals surface area contributed by atoms with Crippen LogP contribution in [0.25, 0.3) is 10.9 Å². The number of fused-ring (bicyclic) bond motifs is 3. The number of ether oxygens (including phenoxy) is 3. The second-order valence-corrected chi connectivity index (χ2v) is 18.3. The van der Waals surface area contributed by atoms with Crippen molar-refractivity contribution in [1.29, 1.82) is 0 Å². The molecule has 0 spiro atoms. The number of aliphatic hydroxyl groups excluding tert-OH is 2. The van der Waals surface area contributed by atoms with E-state index in [0.29, 0.717) is 60.3 Å². The number of nitrogens with zero attached hydrogens (tertiary/aromatic N) is 3. The fourth-order valence-electron chi connectivity index (χ4n) is 9.81. The minimum Gasteiger partial charge on any atom is -0.460 e. The number of aromatic nitrogens is 1. The number of hydrogen-bond donors (Lipinski definition) is 3. The Labute approximate surface area is 370 Å². The number of aliphatic hydroxyl groups is 2. The van der Waals surface area contributed by atoms with Gasteiger partial charge in [-0.05, 0) is 92.3 Å². The van der Waals surface area contributed by atoms with E-state index in [-0.39, 0.29) is 62.0 Å². The van der Waals surface area contributed by atoms with Crippen molar-refractivity contribution in [2.45, 2.75) is 94.5 Å². The first-order valence-electron chi connectivity index (χ1n) is 22.3. The summed E-state index contributed by atoms with van der Waals surface area (Å²) in [5.41, 5.74) is 3.49. The molecule has 1 saturated carbocycles. The van der Waals surface area contributed by atoms with Gasteiger partial charge >= 0.3 is 6.09 Å². The SMILES string of the molecule is C=CCO[C@@]12Oc3ccc(OC(=O)NCC)cc3[C@H]3[C@H](CCCCO)[C@@H](CCCCO)C=C(C(=NOCc4ccccc4)C[C@@H]1N(CCC)S(=O)(=O)c1cccc4cccnc14)[C@H]32. The third kappa shape index (κ3) is 9.70. The molecule has 7 rings (SSSR count). The van der Waals surface area contributed by atoms with Gasteiger partial charge in [-0.2, -0.15) is 4.31 Å². The summed E-state index contributed by atoms with van der Waals surface area (Å²) in [7, 11) is -4.32. The number of carbonyl (C=O) groups is 1. The van der Waals surface area contributed by atoms with Crippen LogP contribution in [0.15, 0.2) is 119 Å². The van der Waals surface area contributed by atoms with Gasteiger partial charge in [-0.1, -0.05) is 85.6 Å². The van der Waals surface area contributed by atoms with Crippen LogP contribution in [-0.2, 0) is 26.2 Å². The lowest BCUT2D eigenvalue weighted by atomic mass is 9.55. The molecule has 2 aliphatic carbocycles. The molecule has 336 valence electrons.